The van der Waals surface area contributed by atoms with E-state index >= 15 is 0 Å². The molecule has 1 aromatic carbocycles. The molecule has 3 rings (SSSR count). The van der Waals surface area contributed by atoms with Gasteiger partial charge >= 0.3 is 0 Å². The Balaban J connectivity index is 2.25. The molecule has 0 spiro atoms. The Hall–Kier alpha value is -1.62. The van der Waals surface area contributed by atoms with Gasteiger partial charge in [-0.3, -0.25) is 0 Å². The number of aromatic nitrogens is 1. The first-order valence-corrected chi connectivity index (χ1v) is 5.23. The minimum absolute atomic E-state index is 0.305. The summed E-state index contributed by atoms with van der Waals surface area (Å²) < 4.78 is 18.4. The molecule has 1 aliphatic heterocycles. The molecule has 0 aliphatic carbocycles. The number of fused-ring (bicyclic) bond motifs is 3. The molecule has 0 unspecified atom stereocenters. The summed E-state index contributed by atoms with van der Waals surface area (Å²) in [6.45, 7) is 0.417. The Morgan fingerprint density at radius 2 is 2.33 bits per heavy atom. The molecule has 2 heterocycles. The van der Waals surface area contributed by atoms with Crippen LogP contribution in [0.1, 0.15) is 4.88 Å². The van der Waals surface area contributed by atoms with Crippen LogP contribution in [0, 0.1) is 5.82 Å². The second-order valence-electron chi connectivity index (χ2n) is 3.25. The first kappa shape index (κ1) is 8.67. The number of rotatable bonds is 0. The van der Waals surface area contributed by atoms with E-state index in [-0.39, 0.29) is 5.82 Å². The number of halogens is 1. The number of nitrogens with two attached hydrogens (primary N) is 1. The topological polar surface area (TPSA) is 48.1 Å². The monoisotopic (exact) mass is 222 g/mol. The Kier molecular flexibility index (Phi) is 1.70. The van der Waals surface area contributed by atoms with Crippen LogP contribution in [0.5, 0.6) is 5.75 Å². The molecule has 2 aromatic rings. The third kappa shape index (κ3) is 1.27. The highest BCUT2D eigenvalue weighted by Crippen LogP contribution is 2.40. The van der Waals surface area contributed by atoms with Gasteiger partial charge in [0, 0.05) is 11.6 Å². The van der Waals surface area contributed by atoms with Gasteiger partial charge in [-0.25, -0.2) is 9.37 Å². The number of thiazole rings is 1. The number of benzene rings is 1. The molecular formula is C10H7FN2OS. The Morgan fingerprint density at radius 1 is 1.47 bits per heavy atom. The van der Waals surface area contributed by atoms with Crippen LogP contribution in [-0.2, 0) is 6.61 Å². The van der Waals surface area contributed by atoms with Crippen LogP contribution in [0.2, 0.25) is 0 Å². The van der Waals surface area contributed by atoms with Crippen molar-refractivity contribution in [1.29, 1.82) is 0 Å². The van der Waals surface area contributed by atoms with E-state index in [1.54, 1.807) is 6.07 Å². The van der Waals surface area contributed by atoms with Crippen molar-refractivity contribution in [1.82, 2.24) is 4.98 Å². The van der Waals surface area contributed by atoms with Crippen molar-refractivity contribution in [3.63, 3.8) is 0 Å². The molecule has 15 heavy (non-hydrogen) atoms. The molecule has 0 amide bonds. The van der Waals surface area contributed by atoms with E-state index in [0.29, 0.717) is 17.5 Å². The minimum Gasteiger partial charge on any atom is -0.487 e. The normalized spacial score (nSPS) is 12.9. The van der Waals surface area contributed by atoms with Gasteiger partial charge in [-0.2, -0.15) is 0 Å². The zero-order valence-electron chi connectivity index (χ0n) is 7.66. The Morgan fingerprint density at radius 3 is 3.20 bits per heavy atom. The zero-order valence-corrected chi connectivity index (χ0v) is 8.47. The molecule has 0 radical (unpaired) electrons. The number of ether oxygens (including phenoxy) is 1. The highest BCUT2D eigenvalue weighted by atomic mass is 32.1. The van der Waals surface area contributed by atoms with Crippen molar-refractivity contribution >= 4 is 16.5 Å². The van der Waals surface area contributed by atoms with Gasteiger partial charge in [0.1, 0.15) is 18.2 Å². The highest BCUT2D eigenvalue weighted by molar-refractivity contribution is 7.15. The fourth-order valence-corrected chi connectivity index (χ4v) is 2.39. The molecule has 5 heteroatoms. The summed E-state index contributed by atoms with van der Waals surface area (Å²) in [4.78, 5) is 5.21. The SMILES string of the molecule is Nc1nc2c(s1)COc1cc(F)ccc1-2. The van der Waals surface area contributed by atoms with E-state index in [1.807, 2.05) is 0 Å². The van der Waals surface area contributed by atoms with Gasteiger partial charge in [-0.1, -0.05) is 11.3 Å². The van der Waals surface area contributed by atoms with Gasteiger partial charge in [-0.15, -0.1) is 0 Å². The van der Waals surface area contributed by atoms with Crippen molar-refractivity contribution in [2.75, 3.05) is 5.73 Å². The molecule has 0 saturated heterocycles. The first-order chi connectivity index (χ1) is 7.24. The van der Waals surface area contributed by atoms with Crippen LogP contribution >= 0.6 is 11.3 Å². The summed E-state index contributed by atoms with van der Waals surface area (Å²) in [5.74, 6) is 0.230. The maximum absolute atomic E-state index is 13.0. The van der Waals surface area contributed by atoms with Crippen molar-refractivity contribution in [2.45, 2.75) is 6.61 Å². The molecule has 0 saturated carbocycles. The molecule has 0 bridgehead atoms. The summed E-state index contributed by atoms with van der Waals surface area (Å²) in [6.07, 6.45) is 0. The van der Waals surface area contributed by atoms with Crippen molar-refractivity contribution in [3.8, 4) is 17.0 Å². The van der Waals surface area contributed by atoms with Crippen LogP contribution in [0.4, 0.5) is 9.52 Å². The number of hydrogen-bond donors (Lipinski definition) is 1. The second-order valence-corrected chi connectivity index (χ2v) is 4.37. The standard InChI is InChI=1S/C10H7FN2OS/c11-5-1-2-6-7(3-5)14-4-8-9(6)13-10(12)15-8/h1-3H,4H2,(H2,12,13). The average Bonchev–Trinajstić information content (AvgIpc) is 2.58. The number of nitrogens with zero attached hydrogens (tertiary/aromatic N) is 1. The Labute approximate surface area is 89.3 Å². The third-order valence-electron chi connectivity index (χ3n) is 2.27. The second kappa shape index (κ2) is 2.93. The molecule has 3 nitrogen and oxygen atoms in total. The summed E-state index contributed by atoms with van der Waals surface area (Å²) in [6, 6.07) is 4.43. The van der Waals surface area contributed by atoms with E-state index in [9.17, 15) is 4.39 Å². The van der Waals surface area contributed by atoms with Gasteiger partial charge in [0.25, 0.3) is 0 Å². The third-order valence-corrected chi connectivity index (χ3v) is 3.13. The summed E-state index contributed by atoms with van der Waals surface area (Å²) in [5.41, 5.74) is 7.25. The average molecular weight is 222 g/mol. The van der Waals surface area contributed by atoms with Gasteiger partial charge in [0.05, 0.1) is 10.6 Å². The summed E-state index contributed by atoms with van der Waals surface area (Å²) in [5, 5.41) is 0.515. The van der Waals surface area contributed by atoms with Crippen LogP contribution in [0.15, 0.2) is 18.2 Å². The van der Waals surface area contributed by atoms with Crippen LogP contribution < -0.4 is 10.5 Å². The molecular weight excluding hydrogens is 215 g/mol. The fraction of sp³-hybridized carbons (Fsp3) is 0.100. The van der Waals surface area contributed by atoms with Gasteiger partial charge in [0.15, 0.2) is 5.13 Å². The van der Waals surface area contributed by atoms with Crippen molar-refractivity contribution in [3.05, 3.63) is 28.9 Å². The smallest absolute Gasteiger partial charge is 0.180 e. The van der Waals surface area contributed by atoms with E-state index in [0.717, 1.165) is 16.1 Å². The first-order valence-electron chi connectivity index (χ1n) is 4.42. The Bertz CT molecular complexity index is 538. The maximum atomic E-state index is 13.0. The number of nitrogen functional groups attached to an aromatic ring is 1. The van der Waals surface area contributed by atoms with E-state index < -0.39 is 0 Å². The summed E-state index contributed by atoms with van der Waals surface area (Å²) in [7, 11) is 0. The molecule has 0 atom stereocenters. The fourth-order valence-electron chi connectivity index (χ4n) is 1.63. The van der Waals surface area contributed by atoms with Gasteiger partial charge < -0.3 is 10.5 Å². The lowest BCUT2D eigenvalue weighted by Gasteiger charge is -2.15. The number of anilines is 1. The predicted octanol–water partition coefficient (Wildman–Crippen LogP) is 2.42. The molecule has 1 aliphatic rings. The van der Waals surface area contributed by atoms with E-state index in [2.05, 4.69) is 4.98 Å². The van der Waals surface area contributed by atoms with Crippen molar-refractivity contribution < 1.29 is 9.13 Å². The maximum Gasteiger partial charge on any atom is 0.180 e. The van der Waals surface area contributed by atoms with Crippen LogP contribution in [0.3, 0.4) is 0 Å². The van der Waals surface area contributed by atoms with Gasteiger partial charge in [-0.05, 0) is 12.1 Å². The van der Waals surface area contributed by atoms with Crippen LogP contribution in [0.25, 0.3) is 11.3 Å². The zero-order chi connectivity index (χ0) is 10.4. The molecule has 1 aromatic heterocycles. The minimum atomic E-state index is -0.305. The quantitative estimate of drug-likeness (QED) is 0.744. The van der Waals surface area contributed by atoms with E-state index in [1.165, 1.54) is 23.5 Å². The lowest BCUT2D eigenvalue weighted by atomic mass is 10.1. The number of hydrogen-bond acceptors (Lipinski definition) is 4. The summed E-state index contributed by atoms with van der Waals surface area (Å²) >= 11 is 1.41. The molecule has 76 valence electrons. The lowest BCUT2D eigenvalue weighted by Crippen LogP contribution is -2.03. The van der Waals surface area contributed by atoms with Crippen molar-refractivity contribution in [2.24, 2.45) is 0 Å². The molecule has 0 fully saturated rings. The van der Waals surface area contributed by atoms with E-state index in [4.69, 9.17) is 10.5 Å². The lowest BCUT2D eigenvalue weighted by molar-refractivity contribution is 0.304. The highest BCUT2D eigenvalue weighted by Gasteiger charge is 2.21. The predicted molar refractivity (Wildman–Crippen MR) is 56.3 cm³/mol. The largest absolute Gasteiger partial charge is 0.487 e. The van der Waals surface area contributed by atoms with Gasteiger partial charge in [0.2, 0.25) is 0 Å². The van der Waals surface area contributed by atoms with Crippen LogP contribution in [-0.4, -0.2) is 4.98 Å². The molecule has 2 N–H and O–H groups in total.